The standard InChI is InChI=1S/C21H24ClFN6/c1-15(2)29-21(24-25-26-29)28(20-9-4-3-8-19(20)23)17-10-12-27(13-11-17)18-7-5-6-16(22)14-18/h3-9,14-15,17H,10-13H2,1-2H3. The summed E-state index contributed by atoms with van der Waals surface area (Å²) in [6, 6.07) is 14.9. The van der Waals surface area contributed by atoms with Gasteiger partial charge in [0.25, 0.3) is 5.95 Å². The molecule has 0 radical (unpaired) electrons. The number of hydrogen-bond acceptors (Lipinski definition) is 5. The largest absolute Gasteiger partial charge is 0.371 e. The molecule has 0 saturated carbocycles. The molecule has 29 heavy (non-hydrogen) atoms. The van der Waals surface area contributed by atoms with Crippen LogP contribution in [0.3, 0.4) is 0 Å². The Morgan fingerprint density at radius 2 is 1.86 bits per heavy atom. The fourth-order valence-corrected chi connectivity index (χ4v) is 4.04. The second-order valence-electron chi connectivity index (χ2n) is 7.54. The van der Waals surface area contributed by atoms with Crippen LogP contribution in [0.4, 0.5) is 21.7 Å². The third-order valence-corrected chi connectivity index (χ3v) is 5.53. The van der Waals surface area contributed by atoms with E-state index in [9.17, 15) is 4.39 Å². The van der Waals surface area contributed by atoms with E-state index >= 15 is 0 Å². The topological polar surface area (TPSA) is 50.1 Å². The maximum Gasteiger partial charge on any atom is 0.250 e. The van der Waals surface area contributed by atoms with Crippen LogP contribution < -0.4 is 9.80 Å². The Balaban J connectivity index is 1.63. The van der Waals surface area contributed by atoms with Crippen molar-refractivity contribution in [2.24, 2.45) is 0 Å². The van der Waals surface area contributed by atoms with Gasteiger partial charge in [-0.25, -0.2) is 9.07 Å². The number of rotatable bonds is 5. The van der Waals surface area contributed by atoms with Crippen LogP contribution in [0.1, 0.15) is 32.7 Å². The minimum atomic E-state index is -0.275. The molecule has 1 aromatic heterocycles. The molecule has 0 amide bonds. The molecule has 1 saturated heterocycles. The molecule has 0 unspecified atom stereocenters. The number of anilines is 3. The highest BCUT2D eigenvalue weighted by Gasteiger charge is 2.31. The molecule has 0 N–H and O–H groups in total. The van der Waals surface area contributed by atoms with Crippen LogP contribution in [0.25, 0.3) is 0 Å². The van der Waals surface area contributed by atoms with Crippen LogP contribution in [-0.2, 0) is 0 Å². The Kier molecular flexibility index (Phi) is 5.67. The van der Waals surface area contributed by atoms with Crippen molar-refractivity contribution >= 4 is 28.9 Å². The lowest BCUT2D eigenvalue weighted by Gasteiger charge is -2.39. The maximum absolute atomic E-state index is 14.8. The lowest BCUT2D eigenvalue weighted by Crippen LogP contribution is -2.44. The van der Waals surface area contributed by atoms with Crippen molar-refractivity contribution in [1.29, 1.82) is 0 Å². The highest BCUT2D eigenvalue weighted by Crippen LogP contribution is 2.34. The number of hydrogen-bond donors (Lipinski definition) is 0. The first-order valence-electron chi connectivity index (χ1n) is 9.86. The summed E-state index contributed by atoms with van der Waals surface area (Å²) in [4.78, 5) is 4.28. The zero-order valence-corrected chi connectivity index (χ0v) is 17.3. The summed E-state index contributed by atoms with van der Waals surface area (Å²) in [7, 11) is 0. The van der Waals surface area contributed by atoms with Gasteiger partial charge in [-0.3, -0.25) is 0 Å². The molecule has 3 aromatic rings. The van der Waals surface area contributed by atoms with Gasteiger partial charge in [-0.05, 0) is 67.4 Å². The Hall–Kier alpha value is -2.67. The molecule has 2 heterocycles. The normalized spacial score (nSPS) is 15.1. The second-order valence-corrected chi connectivity index (χ2v) is 7.97. The minimum absolute atomic E-state index is 0.0702. The van der Waals surface area contributed by atoms with E-state index in [0.717, 1.165) is 36.6 Å². The molecule has 1 aliphatic heterocycles. The molecule has 152 valence electrons. The molecule has 1 aliphatic rings. The van der Waals surface area contributed by atoms with Gasteiger partial charge in [-0.2, -0.15) is 0 Å². The summed E-state index contributed by atoms with van der Waals surface area (Å²) in [5, 5.41) is 13.0. The predicted molar refractivity (Wildman–Crippen MR) is 113 cm³/mol. The van der Waals surface area contributed by atoms with Crippen molar-refractivity contribution < 1.29 is 4.39 Å². The average molecular weight is 415 g/mol. The van der Waals surface area contributed by atoms with Crippen molar-refractivity contribution in [2.45, 2.75) is 38.8 Å². The molecule has 4 rings (SSSR count). The van der Waals surface area contributed by atoms with Crippen LogP contribution >= 0.6 is 11.6 Å². The van der Waals surface area contributed by atoms with E-state index in [-0.39, 0.29) is 17.9 Å². The van der Waals surface area contributed by atoms with Gasteiger partial charge in [-0.1, -0.05) is 34.9 Å². The van der Waals surface area contributed by atoms with E-state index in [2.05, 4.69) is 26.5 Å². The van der Waals surface area contributed by atoms with Crippen LogP contribution in [0.2, 0.25) is 5.02 Å². The molecule has 0 aliphatic carbocycles. The molecule has 6 nitrogen and oxygen atoms in total. The molecular formula is C21H24ClFN6. The lowest BCUT2D eigenvalue weighted by molar-refractivity contribution is 0.461. The summed E-state index contributed by atoms with van der Waals surface area (Å²) < 4.78 is 16.5. The van der Waals surface area contributed by atoms with Gasteiger partial charge >= 0.3 is 0 Å². The molecule has 0 bridgehead atoms. The van der Waals surface area contributed by atoms with Crippen molar-refractivity contribution in [3.63, 3.8) is 0 Å². The highest BCUT2D eigenvalue weighted by atomic mass is 35.5. The summed E-state index contributed by atoms with van der Waals surface area (Å²) >= 11 is 6.15. The number of nitrogens with zero attached hydrogens (tertiary/aromatic N) is 6. The van der Waals surface area contributed by atoms with Crippen LogP contribution in [0.15, 0.2) is 48.5 Å². The molecule has 1 fully saturated rings. The zero-order chi connectivity index (χ0) is 20.4. The van der Waals surface area contributed by atoms with E-state index in [1.807, 2.05) is 43.0 Å². The predicted octanol–water partition coefficient (Wildman–Crippen LogP) is 4.85. The fourth-order valence-electron chi connectivity index (χ4n) is 3.85. The van der Waals surface area contributed by atoms with Gasteiger partial charge in [0.1, 0.15) is 5.82 Å². The molecular weight excluding hydrogens is 391 g/mol. The van der Waals surface area contributed by atoms with Crippen LogP contribution in [-0.4, -0.2) is 39.3 Å². The van der Waals surface area contributed by atoms with Gasteiger partial charge in [-0.15, -0.1) is 0 Å². The number of tetrazole rings is 1. The Labute approximate surface area is 174 Å². The monoisotopic (exact) mass is 414 g/mol. The van der Waals surface area contributed by atoms with Crippen molar-refractivity contribution in [1.82, 2.24) is 20.2 Å². The van der Waals surface area contributed by atoms with Gasteiger partial charge in [0.15, 0.2) is 0 Å². The van der Waals surface area contributed by atoms with Crippen molar-refractivity contribution in [3.05, 3.63) is 59.4 Å². The van der Waals surface area contributed by atoms with Gasteiger partial charge in [0, 0.05) is 29.8 Å². The lowest BCUT2D eigenvalue weighted by atomic mass is 10.0. The first-order chi connectivity index (χ1) is 14.0. The Morgan fingerprint density at radius 3 is 2.55 bits per heavy atom. The summed E-state index contributed by atoms with van der Waals surface area (Å²) in [6.45, 7) is 5.72. The SMILES string of the molecule is CC(C)n1nnnc1N(c1ccccc1F)C1CCN(c2cccc(Cl)c2)CC1. The molecule has 0 spiro atoms. The van der Waals surface area contributed by atoms with Gasteiger partial charge < -0.3 is 9.80 Å². The van der Waals surface area contributed by atoms with Gasteiger partial charge in [0.2, 0.25) is 0 Å². The maximum atomic E-state index is 14.8. The summed E-state index contributed by atoms with van der Waals surface area (Å²) in [5.74, 6) is 0.300. The first-order valence-corrected chi connectivity index (χ1v) is 10.2. The van der Waals surface area contributed by atoms with E-state index in [1.54, 1.807) is 16.8 Å². The number of halogens is 2. The minimum Gasteiger partial charge on any atom is -0.371 e. The van der Waals surface area contributed by atoms with E-state index in [4.69, 9.17) is 11.6 Å². The zero-order valence-electron chi connectivity index (χ0n) is 16.5. The number of piperidine rings is 1. The number of para-hydroxylation sites is 1. The fraction of sp³-hybridized carbons (Fsp3) is 0.381. The number of benzene rings is 2. The smallest absolute Gasteiger partial charge is 0.250 e. The Morgan fingerprint density at radius 1 is 1.10 bits per heavy atom. The molecule has 2 aromatic carbocycles. The van der Waals surface area contributed by atoms with Crippen molar-refractivity contribution in [3.8, 4) is 0 Å². The summed E-state index contributed by atoms with van der Waals surface area (Å²) in [6.07, 6.45) is 1.71. The number of aromatic nitrogens is 4. The molecule has 8 heteroatoms. The second kappa shape index (κ2) is 8.37. The third-order valence-electron chi connectivity index (χ3n) is 5.30. The average Bonchev–Trinajstić information content (AvgIpc) is 3.20. The van der Waals surface area contributed by atoms with E-state index in [0.29, 0.717) is 11.6 Å². The van der Waals surface area contributed by atoms with Crippen molar-refractivity contribution in [2.75, 3.05) is 22.9 Å². The van der Waals surface area contributed by atoms with E-state index < -0.39 is 0 Å². The van der Waals surface area contributed by atoms with Crippen LogP contribution in [0, 0.1) is 5.82 Å². The third kappa shape index (κ3) is 4.05. The molecule has 0 atom stereocenters. The van der Waals surface area contributed by atoms with E-state index in [1.165, 1.54) is 6.07 Å². The highest BCUT2D eigenvalue weighted by molar-refractivity contribution is 6.30. The Bertz CT molecular complexity index is 967. The quantitative estimate of drug-likeness (QED) is 0.597. The van der Waals surface area contributed by atoms with Gasteiger partial charge in [0.05, 0.1) is 11.7 Å². The van der Waals surface area contributed by atoms with Crippen LogP contribution in [0.5, 0.6) is 0 Å². The summed E-state index contributed by atoms with van der Waals surface area (Å²) in [5.41, 5.74) is 1.62. The first kappa shape index (κ1) is 19.6.